The third kappa shape index (κ3) is 5.37. The van der Waals surface area contributed by atoms with Crippen LogP contribution in [0.5, 0.6) is 0 Å². The van der Waals surface area contributed by atoms with Crippen molar-refractivity contribution in [3.63, 3.8) is 0 Å². The number of morpholine rings is 1. The topological polar surface area (TPSA) is 66.5 Å². The number of halogens is 1. The van der Waals surface area contributed by atoms with Gasteiger partial charge in [-0.05, 0) is 29.0 Å². The molecule has 34 heavy (non-hydrogen) atoms. The van der Waals surface area contributed by atoms with Crippen LogP contribution in [0, 0.1) is 0 Å². The fraction of sp³-hybridized carbons (Fsp3) is 0.385. The smallest absolute Gasteiger partial charge is 0.324 e. The molecule has 1 fully saturated rings. The quantitative estimate of drug-likeness (QED) is 0.377. The minimum atomic E-state index is -0.317. The first-order valence-corrected chi connectivity index (χ1v) is 12.8. The van der Waals surface area contributed by atoms with Crippen molar-refractivity contribution in [3.8, 4) is 10.4 Å². The fourth-order valence-corrected chi connectivity index (χ4v) is 5.46. The van der Waals surface area contributed by atoms with Crippen molar-refractivity contribution in [1.29, 1.82) is 0 Å². The molecule has 2 N–H and O–H groups in total. The highest BCUT2D eigenvalue weighted by Crippen LogP contribution is 2.41. The van der Waals surface area contributed by atoms with Crippen LogP contribution in [0.4, 0.5) is 21.4 Å². The lowest BCUT2D eigenvalue weighted by atomic mass is 9.93. The minimum Gasteiger partial charge on any atom is -0.378 e. The second-order valence-electron chi connectivity index (χ2n) is 8.95. The largest absolute Gasteiger partial charge is 0.378 e. The zero-order chi connectivity index (χ0) is 24.2. The lowest BCUT2D eigenvalue weighted by Crippen LogP contribution is -2.36. The number of carbonyl (C=O) groups excluding carboxylic acids is 1. The first-order chi connectivity index (χ1) is 16.3. The number of rotatable bonds is 6. The average Bonchev–Trinajstić information content (AvgIpc) is 3.23. The number of carbonyl (C=O) groups is 1. The summed E-state index contributed by atoms with van der Waals surface area (Å²) in [5, 5.41) is 7.60. The number of ether oxygens (including phenoxy) is 1. The van der Waals surface area contributed by atoms with Gasteiger partial charge in [-0.2, -0.15) is 0 Å². The molecular formula is C26H31ClN4O2S. The molecule has 6 nitrogen and oxygen atoms in total. The van der Waals surface area contributed by atoms with E-state index in [0.29, 0.717) is 24.1 Å². The number of nitrogens with zero attached hydrogens (tertiary/aromatic N) is 2. The molecule has 180 valence electrons. The predicted molar refractivity (Wildman–Crippen MR) is 143 cm³/mol. The van der Waals surface area contributed by atoms with Gasteiger partial charge in [-0.25, -0.2) is 9.78 Å². The Bertz CT molecular complexity index is 1130. The molecule has 0 atom stereocenters. The van der Waals surface area contributed by atoms with Crippen molar-refractivity contribution in [2.45, 2.75) is 39.5 Å². The number of urea groups is 1. The number of thiazole rings is 1. The summed E-state index contributed by atoms with van der Waals surface area (Å²) < 4.78 is 5.49. The summed E-state index contributed by atoms with van der Waals surface area (Å²) in [7, 11) is 0. The molecule has 1 saturated heterocycles. The molecule has 4 rings (SSSR count). The maximum absolute atomic E-state index is 13.3. The molecule has 3 aromatic rings. The third-order valence-electron chi connectivity index (χ3n) is 5.86. The maximum Gasteiger partial charge on any atom is 0.324 e. The molecule has 1 aliphatic heterocycles. The van der Waals surface area contributed by atoms with Gasteiger partial charge in [0.25, 0.3) is 0 Å². The monoisotopic (exact) mass is 498 g/mol. The Morgan fingerprint density at radius 1 is 1.00 bits per heavy atom. The highest BCUT2D eigenvalue weighted by atomic mass is 35.5. The Labute approximate surface area is 210 Å². The Morgan fingerprint density at radius 2 is 1.65 bits per heavy atom. The lowest BCUT2D eigenvalue weighted by Gasteiger charge is -2.26. The predicted octanol–water partition coefficient (Wildman–Crippen LogP) is 7.19. The standard InChI is InChI=1S/C26H31ClN4O2S/c1-16(2)18-9-7-10-19(17(3)4)22(18)28-25(32)29-24-23(20-8-5-6-11-21(20)27)34-26(30-24)31-12-14-33-15-13-31/h5-11,16-17H,12-15H2,1-4H3,(H2,28,29,32). The molecule has 0 saturated carbocycles. The molecule has 2 amide bonds. The molecule has 0 aliphatic carbocycles. The van der Waals surface area contributed by atoms with Crippen molar-refractivity contribution in [3.05, 3.63) is 58.6 Å². The van der Waals surface area contributed by atoms with Crippen LogP contribution in [-0.2, 0) is 4.74 Å². The molecule has 0 unspecified atom stereocenters. The zero-order valence-corrected chi connectivity index (χ0v) is 21.6. The van der Waals surface area contributed by atoms with Crippen molar-refractivity contribution in [2.24, 2.45) is 0 Å². The third-order valence-corrected chi connectivity index (χ3v) is 7.34. The van der Waals surface area contributed by atoms with Gasteiger partial charge in [-0.3, -0.25) is 5.32 Å². The minimum absolute atomic E-state index is 0.278. The molecule has 8 heteroatoms. The zero-order valence-electron chi connectivity index (χ0n) is 20.0. The van der Waals surface area contributed by atoms with Gasteiger partial charge in [0.15, 0.2) is 10.9 Å². The molecule has 2 heterocycles. The number of para-hydroxylation sites is 1. The van der Waals surface area contributed by atoms with Crippen LogP contribution in [-0.4, -0.2) is 37.3 Å². The van der Waals surface area contributed by atoms with Crippen LogP contribution >= 0.6 is 22.9 Å². The Balaban J connectivity index is 1.67. The molecule has 0 bridgehead atoms. The second kappa shape index (κ2) is 10.8. The molecule has 0 radical (unpaired) electrons. The van der Waals surface area contributed by atoms with E-state index in [1.54, 1.807) is 0 Å². The number of nitrogens with one attached hydrogen (secondary N) is 2. The molecule has 2 aromatic carbocycles. The fourth-order valence-electron chi connectivity index (χ4n) is 4.06. The Kier molecular flexibility index (Phi) is 7.76. The van der Waals surface area contributed by atoms with Crippen LogP contribution in [0.2, 0.25) is 5.02 Å². The van der Waals surface area contributed by atoms with Gasteiger partial charge in [-0.1, -0.05) is 87.0 Å². The van der Waals surface area contributed by atoms with Crippen molar-refractivity contribution in [1.82, 2.24) is 4.98 Å². The summed E-state index contributed by atoms with van der Waals surface area (Å²) in [6.07, 6.45) is 0. The van der Waals surface area contributed by atoms with E-state index in [1.165, 1.54) is 11.3 Å². The van der Waals surface area contributed by atoms with Gasteiger partial charge < -0.3 is 15.0 Å². The van der Waals surface area contributed by atoms with E-state index < -0.39 is 0 Å². The Hall–Kier alpha value is -2.61. The first kappa shape index (κ1) is 24.5. The summed E-state index contributed by atoms with van der Waals surface area (Å²) >= 11 is 8.05. The van der Waals surface area contributed by atoms with Gasteiger partial charge in [0.05, 0.1) is 18.1 Å². The van der Waals surface area contributed by atoms with Crippen LogP contribution in [0.25, 0.3) is 10.4 Å². The molecule has 0 spiro atoms. The van der Waals surface area contributed by atoms with Gasteiger partial charge in [0.1, 0.15) is 0 Å². The van der Waals surface area contributed by atoms with E-state index in [9.17, 15) is 4.79 Å². The van der Waals surface area contributed by atoms with Crippen molar-refractivity contribution < 1.29 is 9.53 Å². The van der Waals surface area contributed by atoms with E-state index in [2.05, 4.69) is 61.4 Å². The number of benzene rings is 2. The lowest BCUT2D eigenvalue weighted by molar-refractivity contribution is 0.122. The normalized spacial score (nSPS) is 14.0. The van der Waals surface area contributed by atoms with E-state index in [0.717, 1.165) is 45.5 Å². The molecular weight excluding hydrogens is 468 g/mol. The Morgan fingerprint density at radius 3 is 2.26 bits per heavy atom. The highest BCUT2D eigenvalue weighted by Gasteiger charge is 2.23. The highest BCUT2D eigenvalue weighted by molar-refractivity contribution is 7.19. The van der Waals surface area contributed by atoms with Crippen molar-refractivity contribution in [2.75, 3.05) is 41.8 Å². The van der Waals surface area contributed by atoms with E-state index in [4.69, 9.17) is 21.3 Å². The van der Waals surface area contributed by atoms with Crippen LogP contribution < -0.4 is 15.5 Å². The van der Waals surface area contributed by atoms with Crippen LogP contribution in [0.3, 0.4) is 0 Å². The summed E-state index contributed by atoms with van der Waals surface area (Å²) in [4.78, 5) is 21.1. The summed E-state index contributed by atoms with van der Waals surface area (Å²) in [5.74, 6) is 1.06. The number of anilines is 3. The maximum atomic E-state index is 13.3. The molecule has 1 aliphatic rings. The van der Waals surface area contributed by atoms with Crippen molar-refractivity contribution >= 4 is 45.6 Å². The van der Waals surface area contributed by atoms with Gasteiger partial charge in [0, 0.05) is 29.4 Å². The van der Waals surface area contributed by atoms with Gasteiger partial charge in [0.2, 0.25) is 0 Å². The average molecular weight is 499 g/mol. The summed E-state index contributed by atoms with van der Waals surface area (Å²) in [5.41, 5.74) is 3.94. The number of hydrogen-bond donors (Lipinski definition) is 2. The second-order valence-corrected chi connectivity index (χ2v) is 10.3. The number of hydrogen-bond acceptors (Lipinski definition) is 5. The number of aromatic nitrogens is 1. The van der Waals surface area contributed by atoms with E-state index in [-0.39, 0.29) is 17.9 Å². The first-order valence-electron chi connectivity index (χ1n) is 11.6. The SMILES string of the molecule is CC(C)c1cccc(C(C)C)c1NC(=O)Nc1nc(N2CCOCC2)sc1-c1ccccc1Cl. The van der Waals surface area contributed by atoms with Crippen LogP contribution in [0.1, 0.15) is 50.7 Å². The summed E-state index contributed by atoms with van der Waals surface area (Å²) in [6.45, 7) is 11.4. The van der Waals surface area contributed by atoms with E-state index >= 15 is 0 Å². The molecule has 1 aromatic heterocycles. The van der Waals surface area contributed by atoms with Crippen LogP contribution in [0.15, 0.2) is 42.5 Å². The van der Waals surface area contributed by atoms with Gasteiger partial charge in [-0.15, -0.1) is 0 Å². The summed E-state index contributed by atoms with van der Waals surface area (Å²) in [6, 6.07) is 13.5. The number of amides is 2. The van der Waals surface area contributed by atoms with E-state index in [1.807, 2.05) is 24.3 Å². The van der Waals surface area contributed by atoms with Gasteiger partial charge >= 0.3 is 6.03 Å².